The van der Waals surface area contributed by atoms with Crippen LogP contribution in [0.15, 0.2) is 30.3 Å². The summed E-state index contributed by atoms with van der Waals surface area (Å²) in [6, 6.07) is 10.6. The highest BCUT2D eigenvalue weighted by Crippen LogP contribution is 2.16. The average molecular weight is 337 g/mol. The molecule has 130 valence electrons. The van der Waals surface area contributed by atoms with E-state index in [0.717, 1.165) is 31.6 Å². The topological polar surface area (TPSA) is 81.9 Å². The number of aromatic nitrogens is 2. The van der Waals surface area contributed by atoms with Crippen molar-refractivity contribution in [1.29, 1.82) is 5.26 Å². The number of benzene rings is 1. The molecule has 2 aromatic rings. The van der Waals surface area contributed by atoms with Crippen molar-refractivity contribution in [3.05, 3.63) is 47.3 Å². The summed E-state index contributed by atoms with van der Waals surface area (Å²) in [4.78, 5) is 23.6. The zero-order valence-electron chi connectivity index (χ0n) is 14.9. The fourth-order valence-electron chi connectivity index (χ4n) is 2.54. The molecule has 25 heavy (non-hydrogen) atoms. The van der Waals surface area contributed by atoms with Gasteiger partial charge in [-0.1, -0.05) is 26.0 Å². The first-order valence-electron chi connectivity index (χ1n) is 8.50. The van der Waals surface area contributed by atoms with Gasteiger partial charge < -0.3 is 10.2 Å². The van der Waals surface area contributed by atoms with Crippen molar-refractivity contribution in [2.75, 3.05) is 23.3 Å². The van der Waals surface area contributed by atoms with Crippen molar-refractivity contribution in [1.82, 2.24) is 9.97 Å². The fraction of sp³-hybridized carbons (Fsp3) is 0.368. The molecule has 6 nitrogen and oxygen atoms in total. The summed E-state index contributed by atoms with van der Waals surface area (Å²) in [7, 11) is 0. The van der Waals surface area contributed by atoms with E-state index in [2.05, 4.69) is 40.1 Å². The quantitative estimate of drug-likeness (QED) is 0.835. The van der Waals surface area contributed by atoms with Crippen LogP contribution >= 0.6 is 0 Å². The molecule has 0 radical (unpaired) electrons. The Morgan fingerprint density at radius 3 is 2.52 bits per heavy atom. The SMILES string of the molecule is CCCN(CCC)c1nc(C)cc(C(=O)Nc2ccccc2C#N)n1. The van der Waals surface area contributed by atoms with Gasteiger partial charge in [-0.05, 0) is 38.0 Å². The largest absolute Gasteiger partial charge is 0.341 e. The van der Waals surface area contributed by atoms with Gasteiger partial charge in [0.1, 0.15) is 11.8 Å². The Bertz CT molecular complexity index is 776. The lowest BCUT2D eigenvalue weighted by Crippen LogP contribution is -2.28. The van der Waals surface area contributed by atoms with Crippen LogP contribution in [0.3, 0.4) is 0 Å². The van der Waals surface area contributed by atoms with Crippen LogP contribution in [0.1, 0.15) is 48.4 Å². The minimum Gasteiger partial charge on any atom is -0.341 e. The molecule has 6 heteroatoms. The van der Waals surface area contributed by atoms with Gasteiger partial charge in [-0.2, -0.15) is 5.26 Å². The van der Waals surface area contributed by atoms with Crippen LogP contribution in [-0.2, 0) is 0 Å². The van der Waals surface area contributed by atoms with E-state index < -0.39 is 0 Å². The Kier molecular flexibility index (Phi) is 6.47. The van der Waals surface area contributed by atoms with E-state index in [4.69, 9.17) is 5.26 Å². The van der Waals surface area contributed by atoms with E-state index >= 15 is 0 Å². The van der Waals surface area contributed by atoms with Crippen molar-refractivity contribution in [3.63, 3.8) is 0 Å². The van der Waals surface area contributed by atoms with Crippen molar-refractivity contribution in [3.8, 4) is 6.07 Å². The first-order valence-corrected chi connectivity index (χ1v) is 8.50. The number of hydrogen-bond donors (Lipinski definition) is 1. The first-order chi connectivity index (χ1) is 12.1. The molecule has 1 N–H and O–H groups in total. The number of rotatable bonds is 7. The number of para-hydroxylation sites is 1. The maximum absolute atomic E-state index is 12.6. The third kappa shape index (κ3) is 4.77. The second-order valence-electron chi connectivity index (χ2n) is 5.79. The summed E-state index contributed by atoms with van der Waals surface area (Å²) in [6.07, 6.45) is 1.96. The van der Waals surface area contributed by atoms with Gasteiger partial charge in [0.15, 0.2) is 0 Å². The summed E-state index contributed by atoms with van der Waals surface area (Å²) >= 11 is 0. The van der Waals surface area contributed by atoms with Crippen LogP contribution in [0.4, 0.5) is 11.6 Å². The summed E-state index contributed by atoms with van der Waals surface area (Å²) in [5.74, 6) is 0.227. The number of nitrogens with zero attached hydrogens (tertiary/aromatic N) is 4. The molecule has 2 rings (SSSR count). The van der Waals surface area contributed by atoms with Crippen LogP contribution in [0.2, 0.25) is 0 Å². The van der Waals surface area contributed by atoms with Crippen molar-refractivity contribution in [2.45, 2.75) is 33.6 Å². The number of anilines is 2. The molecule has 0 saturated carbocycles. The lowest BCUT2D eigenvalue weighted by Gasteiger charge is -2.22. The highest BCUT2D eigenvalue weighted by molar-refractivity contribution is 6.03. The van der Waals surface area contributed by atoms with Crippen LogP contribution in [-0.4, -0.2) is 29.0 Å². The minimum absolute atomic E-state index is 0.299. The predicted molar refractivity (Wildman–Crippen MR) is 98.7 cm³/mol. The summed E-state index contributed by atoms with van der Waals surface area (Å²) in [5.41, 5.74) is 1.93. The number of hydrogen-bond acceptors (Lipinski definition) is 5. The second kappa shape index (κ2) is 8.78. The van der Waals surface area contributed by atoms with E-state index in [1.165, 1.54) is 0 Å². The first kappa shape index (κ1) is 18.4. The maximum atomic E-state index is 12.6. The second-order valence-corrected chi connectivity index (χ2v) is 5.79. The molecule has 0 atom stereocenters. The smallest absolute Gasteiger partial charge is 0.274 e. The van der Waals surface area contributed by atoms with Gasteiger partial charge in [0.05, 0.1) is 11.3 Å². The lowest BCUT2D eigenvalue weighted by atomic mass is 10.2. The third-order valence-electron chi connectivity index (χ3n) is 3.64. The number of amides is 1. The molecule has 1 heterocycles. The average Bonchev–Trinajstić information content (AvgIpc) is 2.61. The zero-order chi connectivity index (χ0) is 18.2. The molecule has 0 bridgehead atoms. The van der Waals surface area contributed by atoms with E-state index in [0.29, 0.717) is 22.9 Å². The molecule has 0 aliphatic carbocycles. The maximum Gasteiger partial charge on any atom is 0.274 e. The molecular weight excluding hydrogens is 314 g/mol. The highest BCUT2D eigenvalue weighted by Gasteiger charge is 2.15. The molecule has 1 amide bonds. The third-order valence-corrected chi connectivity index (χ3v) is 3.64. The zero-order valence-corrected chi connectivity index (χ0v) is 14.9. The van der Waals surface area contributed by atoms with E-state index in [1.54, 1.807) is 30.3 Å². The van der Waals surface area contributed by atoms with Gasteiger partial charge in [-0.3, -0.25) is 4.79 Å². The van der Waals surface area contributed by atoms with E-state index in [-0.39, 0.29) is 5.91 Å². The molecule has 0 saturated heterocycles. The Morgan fingerprint density at radius 1 is 1.20 bits per heavy atom. The number of aryl methyl sites for hydroxylation is 1. The number of carbonyl (C=O) groups excluding carboxylic acids is 1. The summed E-state index contributed by atoms with van der Waals surface area (Å²) < 4.78 is 0. The molecule has 0 spiro atoms. The van der Waals surface area contributed by atoms with E-state index in [9.17, 15) is 4.79 Å². The monoisotopic (exact) mass is 337 g/mol. The Balaban J connectivity index is 2.29. The van der Waals surface area contributed by atoms with Crippen LogP contribution in [0, 0.1) is 18.3 Å². The van der Waals surface area contributed by atoms with Crippen molar-refractivity contribution in [2.24, 2.45) is 0 Å². The summed E-state index contributed by atoms with van der Waals surface area (Å²) in [6.45, 7) is 7.74. The predicted octanol–water partition coefficient (Wildman–Crippen LogP) is 3.54. The minimum atomic E-state index is -0.345. The van der Waals surface area contributed by atoms with Gasteiger partial charge in [0.2, 0.25) is 5.95 Å². The molecular formula is C19H23N5O. The molecule has 0 aliphatic rings. The van der Waals surface area contributed by atoms with Crippen LogP contribution < -0.4 is 10.2 Å². The molecule has 0 aliphatic heterocycles. The van der Waals surface area contributed by atoms with Crippen LogP contribution in [0.5, 0.6) is 0 Å². The molecule has 0 fully saturated rings. The van der Waals surface area contributed by atoms with Crippen LogP contribution in [0.25, 0.3) is 0 Å². The van der Waals surface area contributed by atoms with Gasteiger partial charge in [-0.15, -0.1) is 0 Å². The van der Waals surface area contributed by atoms with E-state index in [1.807, 2.05) is 6.92 Å². The molecule has 0 unspecified atom stereocenters. The van der Waals surface area contributed by atoms with Crippen molar-refractivity contribution < 1.29 is 4.79 Å². The lowest BCUT2D eigenvalue weighted by molar-refractivity contribution is 0.102. The van der Waals surface area contributed by atoms with Gasteiger partial charge in [0.25, 0.3) is 5.91 Å². The standard InChI is InChI=1S/C19H23N5O/c1-4-10-24(11-5-2)19-21-14(3)12-17(23-19)18(25)22-16-9-7-6-8-15(16)13-20/h6-9,12H,4-5,10-11H2,1-3H3,(H,22,25). The summed E-state index contributed by atoms with van der Waals surface area (Å²) in [5, 5.41) is 11.9. The van der Waals surface area contributed by atoms with Gasteiger partial charge in [0, 0.05) is 18.8 Å². The Labute approximate surface area is 148 Å². The normalized spacial score (nSPS) is 10.2. The molecule has 1 aromatic heterocycles. The highest BCUT2D eigenvalue weighted by atomic mass is 16.1. The number of nitrogens with one attached hydrogen (secondary N) is 1. The fourth-order valence-corrected chi connectivity index (χ4v) is 2.54. The van der Waals surface area contributed by atoms with Crippen molar-refractivity contribution >= 4 is 17.5 Å². The number of nitriles is 1. The van der Waals surface area contributed by atoms with Gasteiger partial charge >= 0.3 is 0 Å². The Morgan fingerprint density at radius 2 is 1.88 bits per heavy atom. The molecule has 1 aromatic carbocycles. The number of carbonyl (C=O) groups is 1. The van der Waals surface area contributed by atoms with Gasteiger partial charge in [-0.25, -0.2) is 9.97 Å². The Hall–Kier alpha value is -2.94.